The molecule has 0 saturated carbocycles. The third-order valence-corrected chi connectivity index (χ3v) is 3.54. The molecule has 0 aromatic heterocycles. The maximum atomic E-state index is 11.3. The first-order chi connectivity index (χ1) is 9.08. The van der Waals surface area contributed by atoms with E-state index in [1.807, 2.05) is 11.9 Å². The number of nitrogens with zero attached hydrogens (tertiary/aromatic N) is 1. The van der Waals surface area contributed by atoms with Crippen molar-refractivity contribution in [2.45, 2.75) is 12.8 Å². The van der Waals surface area contributed by atoms with Crippen molar-refractivity contribution in [3.05, 3.63) is 23.8 Å². The Labute approximate surface area is 113 Å². The Morgan fingerprint density at radius 1 is 1.47 bits per heavy atom. The first-order valence-corrected chi connectivity index (χ1v) is 6.49. The molecule has 5 heteroatoms. The maximum Gasteiger partial charge on any atom is 0.337 e. The summed E-state index contributed by atoms with van der Waals surface area (Å²) in [5, 5.41) is 9.24. The van der Waals surface area contributed by atoms with Crippen molar-refractivity contribution < 1.29 is 14.6 Å². The summed E-state index contributed by atoms with van der Waals surface area (Å²) in [4.78, 5) is 13.3. The lowest BCUT2D eigenvalue weighted by Gasteiger charge is -2.29. The van der Waals surface area contributed by atoms with E-state index in [-0.39, 0.29) is 5.56 Å². The molecule has 1 fully saturated rings. The Morgan fingerprint density at radius 2 is 2.16 bits per heavy atom. The molecule has 1 aliphatic heterocycles. The second-order valence-corrected chi connectivity index (χ2v) is 5.02. The van der Waals surface area contributed by atoms with E-state index in [9.17, 15) is 9.90 Å². The fraction of sp³-hybridized carbons (Fsp3) is 0.500. The Balaban J connectivity index is 2.13. The minimum atomic E-state index is -0.943. The third kappa shape index (κ3) is 3.38. The number of rotatable bonds is 4. The highest BCUT2D eigenvalue weighted by Gasteiger charge is 2.19. The Bertz CT molecular complexity index is 456. The molecule has 0 amide bonds. The van der Waals surface area contributed by atoms with Gasteiger partial charge in [0.1, 0.15) is 0 Å². The highest BCUT2D eigenvalue weighted by Crippen LogP contribution is 2.25. The van der Waals surface area contributed by atoms with Crippen molar-refractivity contribution in [1.82, 2.24) is 0 Å². The van der Waals surface area contributed by atoms with E-state index < -0.39 is 5.97 Å². The molecule has 0 atom stereocenters. The van der Waals surface area contributed by atoms with Crippen LogP contribution in [0.25, 0.3) is 0 Å². The molecule has 1 aromatic rings. The van der Waals surface area contributed by atoms with Gasteiger partial charge in [-0.2, -0.15) is 0 Å². The van der Waals surface area contributed by atoms with Crippen molar-refractivity contribution in [3.63, 3.8) is 0 Å². The standard InChI is InChI=1S/C14H20N2O3/c1-16(9-10-4-6-19-7-5-10)13-3-2-11(15)8-12(13)14(17)18/h2-3,8,10H,4-7,9,15H2,1H3,(H,17,18). The first-order valence-electron chi connectivity index (χ1n) is 6.49. The van der Waals surface area contributed by atoms with Crippen LogP contribution in [-0.4, -0.2) is 37.9 Å². The van der Waals surface area contributed by atoms with Gasteiger partial charge in [-0.05, 0) is 37.0 Å². The lowest BCUT2D eigenvalue weighted by molar-refractivity contribution is 0.0678. The lowest BCUT2D eigenvalue weighted by Crippen LogP contribution is -2.30. The molecule has 0 bridgehead atoms. The summed E-state index contributed by atoms with van der Waals surface area (Å²) in [6.07, 6.45) is 2.06. The average molecular weight is 264 g/mol. The maximum absolute atomic E-state index is 11.3. The molecular formula is C14H20N2O3. The molecule has 1 saturated heterocycles. The molecule has 104 valence electrons. The lowest BCUT2D eigenvalue weighted by atomic mass is 9.99. The zero-order valence-corrected chi connectivity index (χ0v) is 11.1. The van der Waals surface area contributed by atoms with E-state index in [2.05, 4.69) is 0 Å². The number of carboxylic acid groups (broad SMARTS) is 1. The molecule has 19 heavy (non-hydrogen) atoms. The molecule has 3 N–H and O–H groups in total. The third-order valence-electron chi connectivity index (χ3n) is 3.54. The number of anilines is 2. The smallest absolute Gasteiger partial charge is 0.337 e. The predicted molar refractivity (Wildman–Crippen MR) is 74.6 cm³/mol. The van der Waals surface area contributed by atoms with Gasteiger partial charge in [0.15, 0.2) is 0 Å². The first kappa shape index (κ1) is 13.7. The van der Waals surface area contributed by atoms with E-state index in [0.717, 1.165) is 32.6 Å². The molecule has 0 radical (unpaired) electrons. The zero-order chi connectivity index (χ0) is 13.8. The molecule has 5 nitrogen and oxygen atoms in total. The highest BCUT2D eigenvalue weighted by atomic mass is 16.5. The quantitative estimate of drug-likeness (QED) is 0.811. The number of carboxylic acids is 1. The van der Waals surface area contributed by atoms with Crippen LogP contribution in [0.4, 0.5) is 11.4 Å². The van der Waals surface area contributed by atoms with Gasteiger partial charge in [0.05, 0.1) is 11.3 Å². The number of nitrogens with two attached hydrogens (primary N) is 1. The number of aromatic carboxylic acids is 1. The Kier molecular flexibility index (Phi) is 4.27. The molecule has 0 aliphatic carbocycles. The topological polar surface area (TPSA) is 75.8 Å². The monoisotopic (exact) mass is 264 g/mol. The summed E-state index contributed by atoms with van der Waals surface area (Å²) < 4.78 is 5.34. The molecule has 0 spiro atoms. The van der Waals surface area contributed by atoms with E-state index >= 15 is 0 Å². The predicted octanol–water partition coefficient (Wildman–Crippen LogP) is 1.83. The number of hydrogen-bond donors (Lipinski definition) is 2. The number of benzene rings is 1. The van der Waals surface area contributed by atoms with E-state index in [4.69, 9.17) is 10.5 Å². The second-order valence-electron chi connectivity index (χ2n) is 5.02. The van der Waals surface area contributed by atoms with Crippen molar-refractivity contribution >= 4 is 17.3 Å². The fourth-order valence-electron chi connectivity index (χ4n) is 2.47. The molecular weight excluding hydrogens is 244 g/mol. The van der Waals surface area contributed by atoms with Crippen LogP contribution in [0.1, 0.15) is 23.2 Å². The van der Waals surface area contributed by atoms with Crippen LogP contribution in [0.2, 0.25) is 0 Å². The molecule has 1 aliphatic rings. The SMILES string of the molecule is CN(CC1CCOCC1)c1ccc(N)cc1C(=O)O. The van der Waals surface area contributed by atoms with Crippen LogP contribution in [0.5, 0.6) is 0 Å². The molecule has 1 aromatic carbocycles. The van der Waals surface area contributed by atoms with Gasteiger partial charge in [0.2, 0.25) is 0 Å². The minimum Gasteiger partial charge on any atom is -0.478 e. The normalized spacial score (nSPS) is 16.3. The zero-order valence-electron chi connectivity index (χ0n) is 11.1. The van der Waals surface area contributed by atoms with Crippen LogP contribution in [0.15, 0.2) is 18.2 Å². The largest absolute Gasteiger partial charge is 0.478 e. The molecule has 0 unspecified atom stereocenters. The van der Waals surface area contributed by atoms with Crippen molar-refractivity contribution in [3.8, 4) is 0 Å². The van der Waals surface area contributed by atoms with Gasteiger partial charge in [-0.1, -0.05) is 0 Å². The number of hydrogen-bond acceptors (Lipinski definition) is 4. The van der Waals surface area contributed by atoms with Crippen LogP contribution in [-0.2, 0) is 4.74 Å². The van der Waals surface area contributed by atoms with Crippen molar-refractivity contribution in [2.75, 3.05) is 37.4 Å². The van der Waals surface area contributed by atoms with Gasteiger partial charge < -0.3 is 20.5 Å². The van der Waals surface area contributed by atoms with Crippen LogP contribution in [0, 0.1) is 5.92 Å². The van der Waals surface area contributed by atoms with Gasteiger partial charge in [0.25, 0.3) is 0 Å². The Morgan fingerprint density at radius 3 is 2.79 bits per heavy atom. The number of nitrogen functional groups attached to an aromatic ring is 1. The Hall–Kier alpha value is -1.75. The van der Waals surface area contributed by atoms with Gasteiger partial charge in [0, 0.05) is 32.5 Å². The summed E-state index contributed by atoms with van der Waals surface area (Å²) >= 11 is 0. The van der Waals surface area contributed by atoms with Gasteiger partial charge in [-0.25, -0.2) is 4.79 Å². The molecule has 2 rings (SSSR count). The van der Waals surface area contributed by atoms with E-state index in [1.165, 1.54) is 6.07 Å². The van der Waals surface area contributed by atoms with Crippen LogP contribution in [0.3, 0.4) is 0 Å². The molecule has 1 heterocycles. The van der Waals surface area contributed by atoms with Crippen LogP contribution < -0.4 is 10.6 Å². The summed E-state index contributed by atoms with van der Waals surface area (Å²) in [6.45, 7) is 2.44. The summed E-state index contributed by atoms with van der Waals surface area (Å²) in [6, 6.07) is 5.03. The summed E-state index contributed by atoms with van der Waals surface area (Å²) in [7, 11) is 1.92. The van der Waals surface area contributed by atoms with Gasteiger partial charge in [-0.3, -0.25) is 0 Å². The van der Waals surface area contributed by atoms with Gasteiger partial charge in [-0.15, -0.1) is 0 Å². The fourth-order valence-corrected chi connectivity index (χ4v) is 2.47. The van der Waals surface area contributed by atoms with Crippen molar-refractivity contribution in [1.29, 1.82) is 0 Å². The summed E-state index contributed by atoms with van der Waals surface area (Å²) in [5.74, 6) is -0.390. The number of carbonyl (C=O) groups is 1. The van der Waals surface area contributed by atoms with Gasteiger partial charge >= 0.3 is 5.97 Å². The average Bonchev–Trinajstić information content (AvgIpc) is 2.39. The minimum absolute atomic E-state index is 0.259. The second kappa shape index (κ2) is 5.93. The van der Waals surface area contributed by atoms with E-state index in [0.29, 0.717) is 17.3 Å². The summed E-state index contributed by atoms with van der Waals surface area (Å²) in [5.41, 5.74) is 7.10. The highest BCUT2D eigenvalue weighted by molar-refractivity contribution is 5.95. The number of ether oxygens (including phenoxy) is 1. The van der Waals surface area contributed by atoms with Crippen LogP contribution >= 0.6 is 0 Å². The van der Waals surface area contributed by atoms with Crippen molar-refractivity contribution in [2.24, 2.45) is 5.92 Å². The van der Waals surface area contributed by atoms with E-state index in [1.54, 1.807) is 12.1 Å².